The van der Waals surface area contributed by atoms with E-state index in [-0.39, 0.29) is 30.5 Å². The van der Waals surface area contributed by atoms with Crippen LogP contribution in [-0.2, 0) is 38.3 Å². The Morgan fingerprint density at radius 3 is 2.59 bits per heavy atom. The van der Waals surface area contributed by atoms with Crippen LogP contribution in [-0.4, -0.2) is 65.1 Å². The van der Waals surface area contributed by atoms with Crippen LogP contribution in [0.2, 0.25) is 0 Å². The standard InChI is InChI=1S/C29H33N3O5/c1-19(21-7-8-21)31(14-20-5-3-2-4-6-20)25(34)15-32-26(35)29(37-27(32)36)12-11-22-13-23(9-10-24(22)29)28(18-33)16-30-17-28/h2-6,9-10,13,19,21,30,33H,7-8,11-12,14-18H2,1H3. The molecule has 6 rings (SSSR count). The molecule has 2 N–H and O–H groups in total. The van der Waals surface area contributed by atoms with Gasteiger partial charge in [0, 0.05) is 43.1 Å². The number of benzene rings is 2. The summed E-state index contributed by atoms with van der Waals surface area (Å²) in [6, 6.07) is 15.6. The molecule has 2 atom stereocenters. The van der Waals surface area contributed by atoms with Crippen molar-refractivity contribution in [2.45, 2.75) is 56.2 Å². The molecule has 2 saturated heterocycles. The van der Waals surface area contributed by atoms with Gasteiger partial charge in [0.05, 0.1) is 6.61 Å². The highest BCUT2D eigenvalue weighted by molar-refractivity contribution is 6.06. The van der Waals surface area contributed by atoms with Gasteiger partial charge in [-0.05, 0) is 48.8 Å². The van der Waals surface area contributed by atoms with Gasteiger partial charge in [-0.3, -0.25) is 9.59 Å². The largest absolute Gasteiger partial charge is 0.427 e. The number of ether oxygens (including phenoxy) is 1. The smallest absolute Gasteiger partial charge is 0.418 e. The fourth-order valence-electron chi connectivity index (χ4n) is 6.12. The zero-order chi connectivity index (χ0) is 25.8. The van der Waals surface area contributed by atoms with Crippen molar-refractivity contribution in [1.29, 1.82) is 0 Å². The van der Waals surface area contributed by atoms with E-state index in [1.54, 1.807) is 4.90 Å². The number of aryl methyl sites for hydroxylation is 1. The molecular weight excluding hydrogens is 470 g/mol. The van der Waals surface area contributed by atoms with Gasteiger partial charge in [-0.1, -0.05) is 48.5 Å². The molecule has 1 saturated carbocycles. The molecule has 2 aromatic carbocycles. The minimum absolute atomic E-state index is 0.0286. The number of nitrogens with zero attached hydrogens (tertiary/aromatic N) is 2. The Balaban J connectivity index is 1.23. The fourth-order valence-corrected chi connectivity index (χ4v) is 6.12. The summed E-state index contributed by atoms with van der Waals surface area (Å²) in [5, 5.41) is 13.2. The predicted molar refractivity (Wildman–Crippen MR) is 135 cm³/mol. The van der Waals surface area contributed by atoms with Crippen molar-refractivity contribution < 1.29 is 24.2 Å². The molecule has 8 nitrogen and oxygen atoms in total. The molecule has 2 aliphatic heterocycles. The lowest BCUT2D eigenvalue weighted by Crippen LogP contribution is -2.59. The molecule has 8 heteroatoms. The number of hydrogen-bond donors (Lipinski definition) is 2. The lowest BCUT2D eigenvalue weighted by atomic mass is 9.75. The van der Waals surface area contributed by atoms with E-state index in [1.807, 2.05) is 55.5 Å². The molecule has 2 heterocycles. The number of carbonyl (C=O) groups excluding carboxylic acids is 3. The van der Waals surface area contributed by atoms with Gasteiger partial charge in [0.1, 0.15) is 6.54 Å². The molecular formula is C29H33N3O5. The highest BCUT2D eigenvalue weighted by atomic mass is 16.6. The van der Waals surface area contributed by atoms with Crippen LogP contribution in [0.25, 0.3) is 0 Å². The first-order valence-corrected chi connectivity index (χ1v) is 13.2. The highest BCUT2D eigenvalue weighted by Gasteiger charge is 2.58. The fraction of sp³-hybridized carbons (Fsp3) is 0.483. The van der Waals surface area contributed by atoms with Crippen LogP contribution >= 0.6 is 0 Å². The molecule has 0 aromatic heterocycles. The third-order valence-corrected chi connectivity index (χ3v) is 8.81. The molecule has 194 valence electrons. The van der Waals surface area contributed by atoms with Crippen molar-refractivity contribution in [3.63, 3.8) is 0 Å². The van der Waals surface area contributed by atoms with E-state index in [9.17, 15) is 19.5 Å². The average Bonchev–Trinajstić information content (AvgIpc) is 3.63. The normalized spacial score (nSPS) is 24.5. The second-order valence-electron chi connectivity index (χ2n) is 11.1. The molecule has 2 unspecified atom stereocenters. The molecule has 3 amide bonds. The molecule has 3 fully saturated rings. The number of amides is 3. The Hall–Kier alpha value is -3.23. The molecule has 2 aromatic rings. The molecule has 2 aliphatic carbocycles. The van der Waals surface area contributed by atoms with E-state index in [1.165, 1.54) is 0 Å². The first kappa shape index (κ1) is 24.1. The number of fused-ring (bicyclic) bond motifs is 2. The second kappa shape index (κ2) is 8.96. The maximum atomic E-state index is 13.7. The minimum atomic E-state index is -1.37. The van der Waals surface area contributed by atoms with Gasteiger partial charge in [0.15, 0.2) is 0 Å². The number of rotatable bonds is 8. The highest BCUT2D eigenvalue weighted by Crippen LogP contribution is 2.46. The molecule has 4 aliphatic rings. The van der Waals surface area contributed by atoms with Gasteiger partial charge in [0.25, 0.3) is 5.91 Å². The Labute approximate surface area is 216 Å². The van der Waals surface area contributed by atoms with Crippen molar-refractivity contribution in [2.75, 3.05) is 26.2 Å². The van der Waals surface area contributed by atoms with Crippen LogP contribution in [0.4, 0.5) is 4.79 Å². The first-order valence-electron chi connectivity index (χ1n) is 13.2. The van der Waals surface area contributed by atoms with Crippen molar-refractivity contribution in [2.24, 2.45) is 5.92 Å². The maximum Gasteiger partial charge on any atom is 0.418 e. The summed E-state index contributed by atoms with van der Waals surface area (Å²) in [5.74, 6) is -0.260. The Morgan fingerprint density at radius 1 is 1.19 bits per heavy atom. The number of aliphatic hydroxyl groups excluding tert-OH is 1. The Bertz CT molecular complexity index is 1230. The van der Waals surface area contributed by atoms with E-state index >= 15 is 0 Å². The lowest BCUT2D eigenvalue weighted by Gasteiger charge is -2.42. The predicted octanol–water partition coefficient (Wildman–Crippen LogP) is 2.47. The van der Waals surface area contributed by atoms with E-state index in [4.69, 9.17) is 4.74 Å². The van der Waals surface area contributed by atoms with Crippen molar-refractivity contribution >= 4 is 17.9 Å². The van der Waals surface area contributed by atoms with Gasteiger partial charge in [-0.15, -0.1) is 0 Å². The third kappa shape index (κ3) is 3.94. The number of carbonyl (C=O) groups is 3. The van der Waals surface area contributed by atoms with Crippen LogP contribution in [0, 0.1) is 5.92 Å². The third-order valence-electron chi connectivity index (χ3n) is 8.81. The summed E-state index contributed by atoms with van der Waals surface area (Å²) in [4.78, 5) is 43.0. The number of nitrogens with one attached hydrogen (secondary N) is 1. The quantitative estimate of drug-likeness (QED) is 0.574. The zero-order valence-corrected chi connectivity index (χ0v) is 21.1. The van der Waals surface area contributed by atoms with E-state index in [0.717, 1.165) is 34.4 Å². The van der Waals surface area contributed by atoms with E-state index in [0.29, 0.717) is 44.0 Å². The summed E-state index contributed by atoms with van der Waals surface area (Å²) in [7, 11) is 0. The summed E-state index contributed by atoms with van der Waals surface area (Å²) in [5.41, 5.74) is 2.01. The van der Waals surface area contributed by atoms with Gasteiger partial charge in [-0.25, -0.2) is 9.69 Å². The molecule has 0 bridgehead atoms. The summed E-state index contributed by atoms with van der Waals surface area (Å²) in [6.07, 6.45) is 2.36. The van der Waals surface area contributed by atoms with Crippen LogP contribution < -0.4 is 5.32 Å². The summed E-state index contributed by atoms with van der Waals surface area (Å²) in [6.45, 7) is 3.62. The van der Waals surface area contributed by atoms with Crippen molar-refractivity contribution in [1.82, 2.24) is 15.1 Å². The van der Waals surface area contributed by atoms with E-state index < -0.39 is 17.6 Å². The van der Waals surface area contributed by atoms with Gasteiger partial charge in [0.2, 0.25) is 11.5 Å². The zero-order valence-electron chi connectivity index (χ0n) is 21.1. The average molecular weight is 504 g/mol. The van der Waals surface area contributed by atoms with Crippen LogP contribution in [0.3, 0.4) is 0 Å². The van der Waals surface area contributed by atoms with Crippen LogP contribution in [0.5, 0.6) is 0 Å². The van der Waals surface area contributed by atoms with Crippen molar-refractivity contribution in [3.8, 4) is 0 Å². The Morgan fingerprint density at radius 2 is 1.95 bits per heavy atom. The van der Waals surface area contributed by atoms with Crippen LogP contribution in [0.15, 0.2) is 48.5 Å². The Kier molecular flexibility index (Phi) is 5.84. The van der Waals surface area contributed by atoms with Crippen LogP contribution in [0.1, 0.15) is 48.4 Å². The number of aliphatic hydroxyl groups is 1. The molecule has 37 heavy (non-hydrogen) atoms. The maximum absolute atomic E-state index is 13.7. The van der Waals surface area contributed by atoms with Gasteiger partial charge < -0.3 is 20.1 Å². The second-order valence-corrected chi connectivity index (χ2v) is 11.1. The molecule has 0 radical (unpaired) electrons. The summed E-state index contributed by atoms with van der Waals surface area (Å²) < 4.78 is 5.78. The number of hydrogen-bond acceptors (Lipinski definition) is 6. The monoisotopic (exact) mass is 503 g/mol. The minimum Gasteiger partial charge on any atom is -0.427 e. The van der Waals surface area contributed by atoms with Gasteiger partial charge in [-0.2, -0.15) is 0 Å². The van der Waals surface area contributed by atoms with Crippen molar-refractivity contribution in [3.05, 3.63) is 70.8 Å². The van der Waals surface area contributed by atoms with E-state index in [2.05, 4.69) is 5.32 Å². The molecule has 1 spiro atoms. The first-order chi connectivity index (χ1) is 17.9. The topological polar surface area (TPSA) is 99.2 Å². The lowest BCUT2D eigenvalue weighted by molar-refractivity contribution is -0.143. The summed E-state index contributed by atoms with van der Waals surface area (Å²) >= 11 is 0. The van der Waals surface area contributed by atoms with Gasteiger partial charge >= 0.3 is 6.09 Å². The SMILES string of the molecule is CC(C1CC1)N(Cc1ccccc1)C(=O)CN1C(=O)OC2(CCc3cc(C4(CO)CNC4)ccc32)C1=O. The number of imide groups is 1.